The number of benzene rings is 2. The van der Waals surface area contributed by atoms with Crippen molar-refractivity contribution >= 4 is 34.8 Å². The van der Waals surface area contributed by atoms with Crippen molar-refractivity contribution in [3.8, 4) is 11.1 Å². The molecule has 53 heavy (non-hydrogen) atoms. The molecule has 0 aliphatic carbocycles. The van der Waals surface area contributed by atoms with Crippen LogP contribution in [0, 0.1) is 5.82 Å². The average molecular weight is 773 g/mol. The van der Waals surface area contributed by atoms with E-state index in [0.717, 1.165) is 59.7 Å². The number of likely N-dealkylation sites (N-methyl/N-ethyl adjacent to an activating group) is 1. The number of nitrogens with one attached hydrogen (secondary N) is 1. The van der Waals surface area contributed by atoms with Crippen molar-refractivity contribution in [3.63, 3.8) is 0 Å². The summed E-state index contributed by atoms with van der Waals surface area (Å²) in [5.74, 6) is -6.81. The van der Waals surface area contributed by atoms with Crippen LogP contribution in [0.4, 0.5) is 49.7 Å². The minimum atomic E-state index is -5.08. The standard InChI is InChI=1S/C25H27FN6.3C2HF3O2/c1-31-9-11-32(12-10-31)24-16-19(7-8-28-24)18-5-6-22-23(15-18)30-25(29-22)21(27)14-17-3-2-4-20(26)13-17;3*3-2(4,5)1(6)7/h2-8,13,15-16,21H,9-12,14,27H2,1H3,(H,29,30);3*(H,6,7)/t21-;;;/m1.../s1. The molecule has 0 amide bonds. The Hall–Kier alpha value is -5.51. The number of pyridine rings is 1. The lowest BCUT2D eigenvalue weighted by atomic mass is 10.1. The predicted octanol–water partition coefficient (Wildman–Crippen LogP) is 5.66. The number of carboxylic acids is 3. The van der Waals surface area contributed by atoms with Crippen LogP contribution in [0.5, 0.6) is 0 Å². The first kappa shape index (κ1) is 43.7. The van der Waals surface area contributed by atoms with Crippen molar-refractivity contribution in [2.75, 3.05) is 38.1 Å². The van der Waals surface area contributed by atoms with Crippen molar-refractivity contribution in [3.05, 3.63) is 78.0 Å². The molecule has 1 atom stereocenters. The number of piperazine rings is 1. The van der Waals surface area contributed by atoms with Gasteiger partial charge in [0.05, 0.1) is 17.1 Å². The predicted molar refractivity (Wildman–Crippen MR) is 167 cm³/mol. The normalized spacial score (nSPS) is 14.1. The molecule has 6 N–H and O–H groups in total. The van der Waals surface area contributed by atoms with Gasteiger partial charge < -0.3 is 35.8 Å². The maximum Gasteiger partial charge on any atom is 0.490 e. The minimum Gasteiger partial charge on any atom is -0.475 e. The minimum absolute atomic E-state index is 0.253. The van der Waals surface area contributed by atoms with Crippen LogP contribution in [0.25, 0.3) is 22.2 Å². The van der Waals surface area contributed by atoms with Gasteiger partial charge in [0, 0.05) is 32.4 Å². The third-order valence-electron chi connectivity index (χ3n) is 6.83. The first-order valence-corrected chi connectivity index (χ1v) is 14.7. The summed E-state index contributed by atoms with van der Waals surface area (Å²) in [4.78, 5) is 44.0. The molecule has 0 spiro atoms. The van der Waals surface area contributed by atoms with Gasteiger partial charge in [-0.3, -0.25) is 0 Å². The Labute approximate surface area is 292 Å². The summed E-state index contributed by atoms with van der Waals surface area (Å²) in [5.41, 5.74) is 11.2. The van der Waals surface area contributed by atoms with Gasteiger partial charge in [0.15, 0.2) is 0 Å². The number of alkyl halides is 9. The quantitative estimate of drug-likeness (QED) is 0.158. The van der Waals surface area contributed by atoms with Crippen molar-refractivity contribution < 1.29 is 73.6 Å². The van der Waals surface area contributed by atoms with E-state index in [-0.39, 0.29) is 11.9 Å². The number of rotatable bonds is 5. The molecule has 3 heterocycles. The summed E-state index contributed by atoms with van der Waals surface area (Å²) in [6.45, 7) is 4.06. The fourth-order valence-electron chi connectivity index (χ4n) is 4.21. The molecule has 290 valence electrons. The van der Waals surface area contributed by atoms with Crippen molar-refractivity contribution in [1.82, 2.24) is 19.9 Å². The molecule has 1 fully saturated rings. The number of nitrogens with two attached hydrogens (primary N) is 1. The maximum absolute atomic E-state index is 13.5. The van der Waals surface area contributed by atoms with Crippen LogP contribution in [-0.2, 0) is 20.8 Å². The molecule has 0 radical (unpaired) electrons. The number of nitrogens with zero attached hydrogens (tertiary/aromatic N) is 4. The Morgan fingerprint density at radius 3 is 1.79 bits per heavy atom. The van der Waals surface area contributed by atoms with Gasteiger partial charge in [-0.25, -0.2) is 28.7 Å². The van der Waals surface area contributed by atoms with Crippen LogP contribution in [0.1, 0.15) is 17.4 Å². The number of H-pyrrole nitrogens is 1. The summed E-state index contributed by atoms with van der Waals surface area (Å²) in [7, 11) is 2.15. The number of imidazole rings is 1. The Bertz CT molecular complexity index is 1780. The second-order valence-corrected chi connectivity index (χ2v) is 10.9. The van der Waals surface area contributed by atoms with Crippen LogP contribution in [0.15, 0.2) is 60.8 Å². The monoisotopic (exact) mass is 772 g/mol. The zero-order valence-corrected chi connectivity index (χ0v) is 27.1. The molecule has 5 rings (SSSR count). The molecular formula is C31H30F10N6O6. The Morgan fingerprint density at radius 1 is 0.792 bits per heavy atom. The van der Waals surface area contributed by atoms with Gasteiger partial charge in [-0.05, 0) is 66.6 Å². The summed E-state index contributed by atoms with van der Waals surface area (Å²) in [6.07, 6.45) is -12.9. The van der Waals surface area contributed by atoms with Crippen LogP contribution in [-0.4, -0.2) is 105 Å². The molecule has 0 saturated carbocycles. The van der Waals surface area contributed by atoms with Crippen LogP contribution < -0.4 is 10.6 Å². The van der Waals surface area contributed by atoms with Crippen molar-refractivity contribution in [2.24, 2.45) is 5.73 Å². The van der Waals surface area contributed by atoms with Crippen molar-refractivity contribution in [2.45, 2.75) is 31.0 Å². The molecule has 12 nitrogen and oxygen atoms in total. The average Bonchev–Trinajstić information content (AvgIpc) is 3.49. The third-order valence-corrected chi connectivity index (χ3v) is 6.83. The van der Waals surface area contributed by atoms with Gasteiger partial charge >= 0.3 is 36.4 Å². The highest BCUT2D eigenvalue weighted by Crippen LogP contribution is 2.27. The van der Waals surface area contributed by atoms with Gasteiger partial charge in [0.25, 0.3) is 0 Å². The number of aromatic amines is 1. The zero-order valence-electron chi connectivity index (χ0n) is 27.1. The Balaban J connectivity index is 0.000000379. The molecule has 2 aromatic heterocycles. The highest BCUT2D eigenvalue weighted by atomic mass is 19.4. The second-order valence-electron chi connectivity index (χ2n) is 10.9. The number of hydrogen-bond donors (Lipinski definition) is 5. The Kier molecular flexibility index (Phi) is 15.1. The fraction of sp³-hybridized carbons (Fsp3) is 0.323. The van der Waals surface area contributed by atoms with Crippen molar-refractivity contribution in [1.29, 1.82) is 0 Å². The SMILES string of the molecule is CN1CCN(c2cc(-c3ccc4nc([C@H](N)Cc5cccc(F)c5)[nH]c4c3)ccn2)CC1.O=C(O)C(F)(F)F.O=C(O)C(F)(F)F.O=C(O)C(F)(F)F. The summed E-state index contributed by atoms with van der Waals surface area (Å²) >= 11 is 0. The number of anilines is 1. The number of fused-ring (bicyclic) bond motifs is 1. The molecule has 1 aliphatic rings. The molecule has 1 aliphatic heterocycles. The first-order chi connectivity index (χ1) is 24.4. The number of aliphatic carboxylic acids is 3. The van der Waals surface area contributed by atoms with Gasteiger partial charge in [0.2, 0.25) is 0 Å². The highest BCUT2D eigenvalue weighted by Gasteiger charge is 2.39. The van der Waals surface area contributed by atoms with Crippen LogP contribution >= 0.6 is 0 Å². The van der Waals surface area contributed by atoms with E-state index >= 15 is 0 Å². The molecule has 4 aromatic rings. The van der Waals surface area contributed by atoms with Gasteiger partial charge in [-0.1, -0.05) is 18.2 Å². The number of hydrogen-bond acceptors (Lipinski definition) is 8. The van der Waals surface area contributed by atoms with E-state index in [0.29, 0.717) is 12.2 Å². The van der Waals surface area contributed by atoms with Crippen LogP contribution in [0.3, 0.4) is 0 Å². The number of carbonyl (C=O) groups is 3. The van der Waals surface area contributed by atoms with E-state index in [1.165, 1.54) is 12.1 Å². The van der Waals surface area contributed by atoms with E-state index < -0.39 is 36.4 Å². The summed E-state index contributed by atoms with van der Waals surface area (Å²) < 4.78 is 109. The summed E-state index contributed by atoms with van der Waals surface area (Å²) in [6, 6.07) is 16.6. The topological polar surface area (TPSA) is 186 Å². The molecular weight excluding hydrogens is 742 g/mol. The summed E-state index contributed by atoms with van der Waals surface area (Å²) in [5, 5.41) is 21.4. The lowest BCUT2D eigenvalue weighted by molar-refractivity contribution is -0.193. The molecule has 0 unspecified atom stereocenters. The Morgan fingerprint density at radius 2 is 1.30 bits per heavy atom. The molecule has 2 aromatic carbocycles. The molecule has 1 saturated heterocycles. The van der Waals surface area contributed by atoms with E-state index in [2.05, 4.69) is 50.0 Å². The van der Waals surface area contributed by atoms with Crippen LogP contribution in [0.2, 0.25) is 0 Å². The number of aromatic nitrogens is 3. The van der Waals surface area contributed by atoms with Gasteiger partial charge in [-0.15, -0.1) is 0 Å². The van der Waals surface area contributed by atoms with Gasteiger partial charge in [0.1, 0.15) is 17.5 Å². The zero-order chi connectivity index (χ0) is 40.3. The van der Waals surface area contributed by atoms with Gasteiger partial charge in [-0.2, -0.15) is 39.5 Å². The first-order valence-electron chi connectivity index (χ1n) is 14.7. The third kappa shape index (κ3) is 14.6. The highest BCUT2D eigenvalue weighted by molar-refractivity contribution is 5.82. The van der Waals surface area contributed by atoms with E-state index in [1.54, 1.807) is 6.07 Å². The van der Waals surface area contributed by atoms with E-state index in [4.69, 9.17) is 35.4 Å². The molecule has 0 bridgehead atoms. The maximum atomic E-state index is 13.5. The lowest BCUT2D eigenvalue weighted by Crippen LogP contribution is -2.44. The molecule has 22 heteroatoms. The second kappa shape index (κ2) is 18.3. The number of halogens is 10. The van der Waals surface area contributed by atoms with E-state index in [1.807, 2.05) is 24.4 Å². The largest absolute Gasteiger partial charge is 0.490 e. The smallest absolute Gasteiger partial charge is 0.475 e. The van der Waals surface area contributed by atoms with E-state index in [9.17, 15) is 43.9 Å². The fourth-order valence-corrected chi connectivity index (χ4v) is 4.21. The number of carboxylic acid groups (broad SMARTS) is 3. The lowest BCUT2D eigenvalue weighted by Gasteiger charge is -2.33.